The Labute approximate surface area is 167 Å². The summed E-state index contributed by atoms with van der Waals surface area (Å²) in [5.74, 6) is -0.850. The minimum Gasteiger partial charge on any atom is -0.340 e. The molecule has 2 aromatic carbocycles. The van der Waals surface area contributed by atoms with Crippen LogP contribution in [0.2, 0.25) is 10.0 Å². The van der Waals surface area contributed by atoms with Gasteiger partial charge in [0.1, 0.15) is 11.9 Å². The van der Waals surface area contributed by atoms with Gasteiger partial charge in [0.25, 0.3) is 5.91 Å². The quantitative estimate of drug-likeness (QED) is 0.752. The van der Waals surface area contributed by atoms with Crippen molar-refractivity contribution in [3.63, 3.8) is 0 Å². The number of likely N-dealkylation sites (N-methyl/N-ethyl adjacent to an activating group) is 1. The topological polar surface area (TPSA) is 40.6 Å². The molecule has 27 heavy (non-hydrogen) atoms. The molecule has 0 aromatic heterocycles. The van der Waals surface area contributed by atoms with Crippen LogP contribution in [0.15, 0.2) is 42.5 Å². The third-order valence-corrected chi connectivity index (χ3v) is 5.09. The molecule has 1 unspecified atom stereocenters. The van der Waals surface area contributed by atoms with E-state index in [0.29, 0.717) is 34.1 Å². The number of likely N-dealkylation sites (tertiary alicyclic amines) is 1. The molecular weight excluding hydrogens is 390 g/mol. The minimum atomic E-state index is -0.577. The molecule has 0 bridgehead atoms. The van der Waals surface area contributed by atoms with E-state index in [9.17, 15) is 14.0 Å². The molecule has 1 fully saturated rings. The average molecular weight is 409 g/mol. The standard InChI is InChI=1S/C20H19Cl2FN2O2/c1-24(12-13-5-2-3-6-17(13)23)20(27)18-7-4-8-25(18)19(26)14-9-15(21)11-16(22)10-14/h2-3,5-6,9-11,18H,4,7-8,12H2,1H3. The predicted molar refractivity (Wildman–Crippen MR) is 103 cm³/mol. The average Bonchev–Trinajstić information content (AvgIpc) is 3.11. The molecule has 0 aliphatic carbocycles. The van der Waals surface area contributed by atoms with E-state index in [1.807, 2.05) is 0 Å². The fourth-order valence-corrected chi connectivity index (χ4v) is 3.85. The highest BCUT2D eigenvalue weighted by atomic mass is 35.5. The minimum absolute atomic E-state index is 0.146. The Bertz CT molecular complexity index is 855. The molecule has 2 aromatic rings. The van der Waals surface area contributed by atoms with Crippen molar-refractivity contribution in [2.45, 2.75) is 25.4 Å². The number of nitrogens with zero attached hydrogens (tertiary/aromatic N) is 2. The number of carbonyl (C=O) groups is 2. The van der Waals surface area contributed by atoms with Gasteiger partial charge in [0, 0.05) is 41.3 Å². The van der Waals surface area contributed by atoms with E-state index >= 15 is 0 Å². The maximum absolute atomic E-state index is 13.9. The number of rotatable bonds is 4. The van der Waals surface area contributed by atoms with Gasteiger partial charge in [-0.1, -0.05) is 41.4 Å². The van der Waals surface area contributed by atoms with Crippen LogP contribution in [-0.4, -0.2) is 41.2 Å². The summed E-state index contributed by atoms with van der Waals surface area (Å²) in [6, 6.07) is 10.4. The lowest BCUT2D eigenvalue weighted by Crippen LogP contribution is -2.46. The zero-order valence-corrected chi connectivity index (χ0v) is 16.3. The van der Waals surface area contributed by atoms with Gasteiger partial charge in [0.2, 0.25) is 5.91 Å². The lowest BCUT2D eigenvalue weighted by atomic mass is 10.1. The van der Waals surface area contributed by atoms with Gasteiger partial charge >= 0.3 is 0 Å². The summed E-state index contributed by atoms with van der Waals surface area (Å²) < 4.78 is 13.9. The van der Waals surface area contributed by atoms with Crippen molar-refractivity contribution in [2.24, 2.45) is 0 Å². The third-order valence-electron chi connectivity index (χ3n) is 4.65. The molecule has 4 nitrogen and oxygen atoms in total. The molecule has 3 rings (SSSR count). The van der Waals surface area contributed by atoms with Gasteiger partial charge in [-0.15, -0.1) is 0 Å². The smallest absolute Gasteiger partial charge is 0.254 e. The van der Waals surface area contributed by atoms with Crippen LogP contribution in [0.4, 0.5) is 4.39 Å². The Morgan fingerprint density at radius 1 is 1.19 bits per heavy atom. The van der Waals surface area contributed by atoms with E-state index in [1.165, 1.54) is 11.0 Å². The monoisotopic (exact) mass is 408 g/mol. The van der Waals surface area contributed by atoms with Crippen molar-refractivity contribution in [3.8, 4) is 0 Å². The van der Waals surface area contributed by atoms with Crippen LogP contribution in [0.1, 0.15) is 28.8 Å². The maximum atomic E-state index is 13.9. The van der Waals surface area contributed by atoms with Crippen LogP contribution in [0, 0.1) is 5.82 Å². The highest BCUT2D eigenvalue weighted by molar-refractivity contribution is 6.35. The second kappa shape index (κ2) is 8.28. The van der Waals surface area contributed by atoms with Gasteiger partial charge in [-0.3, -0.25) is 9.59 Å². The van der Waals surface area contributed by atoms with Gasteiger partial charge < -0.3 is 9.80 Å². The molecule has 1 atom stereocenters. The number of halogens is 3. The molecule has 7 heteroatoms. The molecular formula is C20H19Cl2FN2O2. The van der Waals surface area contributed by atoms with Crippen LogP contribution in [0.5, 0.6) is 0 Å². The fraction of sp³-hybridized carbons (Fsp3) is 0.300. The van der Waals surface area contributed by atoms with Crippen molar-refractivity contribution in [1.82, 2.24) is 9.80 Å². The number of hydrogen-bond donors (Lipinski definition) is 0. The highest BCUT2D eigenvalue weighted by Gasteiger charge is 2.36. The molecule has 0 spiro atoms. The first kappa shape index (κ1) is 19.6. The first-order chi connectivity index (χ1) is 12.9. The third kappa shape index (κ3) is 4.42. The molecule has 0 radical (unpaired) electrons. The van der Waals surface area contributed by atoms with Crippen molar-refractivity contribution in [1.29, 1.82) is 0 Å². The molecule has 0 N–H and O–H groups in total. The van der Waals surface area contributed by atoms with Gasteiger partial charge in [-0.05, 0) is 37.1 Å². The molecule has 1 heterocycles. The fourth-order valence-electron chi connectivity index (χ4n) is 3.32. The van der Waals surface area contributed by atoms with Gasteiger partial charge in [0.15, 0.2) is 0 Å². The first-order valence-electron chi connectivity index (χ1n) is 8.62. The summed E-state index contributed by atoms with van der Waals surface area (Å²) in [6.45, 7) is 0.625. The summed E-state index contributed by atoms with van der Waals surface area (Å²) in [4.78, 5) is 28.8. The van der Waals surface area contributed by atoms with Crippen molar-refractivity contribution < 1.29 is 14.0 Å². The van der Waals surface area contributed by atoms with Gasteiger partial charge in [0.05, 0.1) is 0 Å². The zero-order chi connectivity index (χ0) is 19.6. The Morgan fingerprint density at radius 2 is 1.85 bits per heavy atom. The van der Waals surface area contributed by atoms with E-state index in [-0.39, 0.29) is 24.2 Å². The summed E-state index contributed by atoms with van der Waals surface area (Å²) in [5.41, 5.74) is 0.787. The largest absolute Gasteiger partial charge is 0.340 e. The normalized spacial score (nSPS) is 16.4. The molecule has 0 saturated carbocycles. The molecule has 1 saturated heterocycles. The van der Waals surface area contributed by atoms with Gasteiger partial charge in [-0.25, -0.2) is 4.39 Å². The number of hydrogen-bond acceptors (Lipinski definition) is 2. The van der Waals surface area contributed by atoms with Crippen molar-refractivity contribution >= 4 is 35.0 Å². The number of amides is 2. The number of carbonyl (C=O) groups excluding carboxylic acids is 2. The SMILES string of the molecule is CN(Cc1ccccc1F)C(=O)C1CCCN1C(=O)c1cc(Cl)cc(Cl)c1. The van der Waals surface area contributed by atoms with Crippen LogP contribution in [0.3, 0.4) is 0 Å². The predicted octanol–water partition coefficient (Wildman–Crippen LogP) is 4.40. The van der Waals surface area contributed by atoms with E-state index in [4.69, 9.17) is 23.2 Å². The van der Waals surface area contributed by atoms with E-state index in [0.717, 1.165) is 6.42 Å². The second-order valence-corrected chi connectivity index (χ2v) is 7.47. The number of benzene rings is 2. The Hall–Kier alpha value is -2.11. The summed E-state index contributed by atoms with van der Waals surface area (Å²) in [7, 11) is 1.62. The molecule has 1 aliphatic heterocycles. The lowest BCUT2D eigenvalue weighted by Gasteiger charge is -2.28. The van der Waals surface area contributed by atoms with Crippen molar-refractivity contribution in [2.75, 3.05) is 13.6 Å². The maximum Gasteiger partial charge on any atom is 0.254 e. The van der Waals surface area contributed by atoms with E-state index in [2.05, 4.69) is 0 Å². The Kier molecular flexibility index (Phi) is 6.02. The van der Waals surface area contributed by atoms with Crippen molar-refractivity contribution in [3.05, 3.63) is 69.5 Å². The Balaban J connectivity index is 1.76. The van der Waals surface area contributed by atoms with E-state index in [1.54, 1.807) is 48.3 Å². The summed E-state index contributed by atoms with van der Waals surface area (Å²) in [5, 5.41) is 0.731. The first-order valence-corrected chi connectivity index (χ1v) is 9.38. The second-order valence-electron chi connectivity index (χ2n) is 6.60. The summed E-state index contributed by atoms with van der Waals surface area (Å²) in [6.07, 6.45) is 1.30. The summed E-state index contributed by atoms with van der Waals surface area (Å²) >= 11 is 12.0. The van der Waals surface area contributed by atoms with Crippen LogP contribution in [0.25, 0.3) is 0 Å². The van der Waals surface area contributed by atoms with Crippen LogP contribution in [-0.2, 0) is 11.3 Å². The molecule has 142 valence electrons. The Morgan fingerprint density at radius 3 is 2.52 bits per heavy atom. The highest BCUT2D eigenvalue weighted by Crippen LogP contribution is 2.25. The molecule has 2 amide bonds. The lowest BCUT2D eigenvalue weighted by molar-refractivity contribution is -0.134. The van der Waals surface area contributed by atoms with Crippen LogP contribution >= 0.6 is 23.2 Å². The van der Waals surface area contributed by atoms with Crippen LogP contribution < -0.4 is 0 Å². The van der Waals surface area contributed by atoms with E-state index < -0.39 is 6.04 Å². The van der Waals surface area contributed by atoms with Gasteiger partial charge in [-0.2, -0.15) is 0 Å². The zero-order valence-electron chi connectivity index (χ0n) is 14.8. The molecule has 1 aliphatic rings.